The van der Waals surface area contributed by atoms with E-state index in [-0.39, 0.29) is 17.9 Å². The summed E-state index contributed by atoms with van der Waals surface area (Å²) in [4.78, 5) is 16.1. The van der Waals surface area contributed by atoms with Gasteiger partial charge in [-0.3, -0.25) is 4.79 Å². The smallest absolute Gasteiger partial charge is 0.220 e. The summed E-state index contributed by atoms with van der Waals surface area (Å²) in [5, 5.41) is 13.2. The van der Waals surface area contributed by atoms with Gasteiger partial charge in [0.1, 0.15) is 0 Å². The van der Waals surface area contributed by atoms with E-state index in [4.69, 9.17) is 16.0 Å². The van der Waals surface area contributed by atoms with Crippen LogP contribution in [-0.2, 0) is 11.2 Å². The zero-order valence-electron chi connectivity index (χ0n) is 13.4. The van der Waals surface area contributed by atoms with Crippen LogP contribution in [0, 0.1) is 5.92 Å². The first-order chi connectivity index (χ1) is 11.6. The van der Waals surface area contributed by atoms with Crippen molar-refractivity contribution >= 4 is 17.5 Å². The van der Waals surface area contributed by atoms with Gasteiger partial charge in [0.2, 0.25) is 5.91 Å². The number of rotatable bonds is 6. The van der Waals surface area contributed by atoms with Gasteiger partial charge < -0.3 is 14.8 Å². The van der Waals surface area contributed by atoms with E-state index in [2.05, 4.69) is 10.3 Å². The molecule has 0 saturated heterocycles. The average Bonchev–Trinajstić information content (AvgIpc) is 3.20. The van der Waals surface area contributed by atoms with Gasteiger partial charge in [-0.2, -0.15) is 0 Å². The number of amides is 1. The Hall–Kier alpha value is -1.85. The average molecular weight is 349 g/mol. The summed E-state index contributed by atoms with van der Waals surface area (Å²) in [5.41, 5.74) is 0.789. The van der Waals surface area contributed by atoms with Crippen molar-refractivity contribution in [1.29, 1.82) is 0 Å². The molecule has 0 spiro atoms. The van der Waals surface area contributed by atoms with Gasteiger partial charge in [-0.05, 0) is 25.0 Å². The Morgan fingerprint density at radius 2 is 2.21 bits per heavy atom. The van der Waals surface area contributed by atoms with E-state index >= 15 is 0 Å². The van der Waals surface area contributed by atoms with Crippen molar-refractivity contribution in [3.05, 3.63) is 41.4 Å². The van der Waals surface area contributed by atoms with Gasteiger partial charge >= 0.3 is 0 Å². The van der Waals surface area contributed by atoms with Crippen LogP contribution in [0.5, 0.6) is 0 Å². The summed E-state index contributed by atoms with van der Waals surface area (Å²) < 4.78 is 5.68. The van der Waals surface area contributed by atoms with Gasteiger partial charge in [-0.15, -0.1) is 0 Å². The highest BCUT2D eigenvalue weighted by molar-refractivity contribution is 6.33. The summed E-state index contributed by atoms with van der Waals surface area (Å²) in [7, 11) is 0. The number of oxazole rings is 1. The highest BCUT2D eigenvalue weighted by Gasteiger charge is 2.25. The second-order valence-electron chi connectivity index (χ2n) is 6.16. The number of aromatic nitrogens is 1. The molecule has 1 aromatic heterocycles. The number of hydrogen-bond acceptors (Lipinski definition) is 4. The number of aliphatic hydroxyl groups is 1. The van der Waals surface area contributed by atoms with Crippen molar-refractivity contribution < 1.29 is 14.3 Å². The van der Waals surface area contributed by atoms with E-state index < -0.39 is 0 Å². The van der Waals surface area contributed by atoms with Gasteiger partial charge in [-0.25, -0.2) is 4.98 Å². The molecule has 2 unspecified atom stereocenters. The van der Waals surface area contributed by atoms with Crippen LogP contribution in [0.1, 0.15) is 31.6 Å². The number of benzene rings is 1. The second kappa shape index (κ2) is 7.81. The maximum Gasteiger partial charge on any atom is 0.220 e. The molecule has 5 nitrogen and oxygen atoms in total. The molecule has 1 fully saturated rings. The number of nitrogens with zero attached hydrogens (tertiary/aromatic N) is 1. The van der Waals surface area contributed by atoms with Crippen molar-refractivity contribution in [2.24, 2.45) is 5.92 Å². The molecule has 0 radical (unpaired) electrons. The lowest BCUT2D eigenvalue weighted by atomic mass is 10.1. The van der Waals surface area contributed by atoms with E-state index in [1.807, 2.05) is 18.2 Å². The van der Waals surface area contributed by atoms with Crippen molar-refractivity contribution in [3.8, 4) is 11.3 Å². The number of aliphatic hydroxyl groups excluding tert-OH is 1. The lowest BCUT2D eigenvalue weighted by Gasteiger charge is -2.14. The molecule has 3 rings (SSSR count). The van der Waals surface area contributed by atoms with Gasteiger partial charge in [0.25, 0.3) is 0 Å². The molecule has 1 amide bonds. The van der Waals surface area contributed by atoms with Crippen LogP contribution in [-0.4, -0.2) is 28.6 Å². The number of halogens is 1. The summed E-state index contributed by atoms with van der Waals surface area (Å²) in [6.07, 6.45) is 4.93. The van der Waals surface area contributed by atoms with Crippen LogP contribution in [0.25, 0.3) is 11.3 Å². The second-order valence-corrected chi connectivity index (χ2v) is 6.57. The highest BCUT2D eigenvalue weighted by Crippen LogP contribution is 2.28. The normalized spacial score (nSPS) is 20.2. The Morgan fingerprint density at radius 3 is 2.96 bits per heavy atom. The van der Waals surface area contributed by atoms with Crippen LogP contribution in [0.2, 0.25) is 5.02 Å². The topological polar surface area (TPSA) is 75.4 Å². The molecular weight excluding hydrogens is 328 g/mol. The SMILES string of the molecule is O=C(CCc1ncc(-c2ccccc2Cl)o1)NCC1CCCC1O. The minimum atomic E-state index is -0.282. The summed E-state index contributed by atoms with van der Waals surface area (Å²) >= 11 is 6.14. The summed E-state index contributed by atoms with van der Waals surface area (Å²) in [5.74, 6) is 1.25. The van der Waals surface area contributed by atoms with E-state index in [1.54, 1.807) is 12.3 Å². The third kappa shape index (κ3) is 4.16. The quantitative estimate of drug-likeness (QED) is 0.840. The molecule has 128 valence electrons. The Bertz CT molecular complexity index is 701. The third-order valence-electron chi connectivity index (χ3n) is 4.44. The fourth-order valence-corrected chi connectivity index (χ4v) is 3.25. The van der Waals surface area contributed by atoms with Crippen molar-refractivity contribution in [2.45, 2.75) is 38.2 Å². The maximum atomic E-state index is 11.9. The fraction of sp³-hybridized carbons (Fsp3) is 0.444. The van der Waals surface area contributed by atoms with Crippen LogP contribution < -0.4 is 5.32 Å². The van der Waals surface area contributed by atoms with Gasteiger partial charge in [0.15, 0.2) is 11.7 Å². The number of carbonyl (C=O) groups excluding carboxylic acids is 1. The summed E-state index contributed by atoms with van der Waals surface area (Å²) in [6.45, 7) is 0.538. The van der Waals surface area contributed by atoms with Gasteiger partial charge in [-0.1, -0.05) is 30.2 Å². The molecule has 2 aromatic rings. The Kier molecular flexibility index (Phi) is 5.53. The van der Waals surface area contributed by atoms with E-state index in [9.17, 15) is 9.90 Å². The Labute approximate surface area is 146 Å². The number of hydrogen-bond donors (Lipinski definition) is 2. The van der Waals surface area contributed by atoms with E-state index in [0.29, 0.717) is 36.1 Å². The molecule has 1 aliphatic rings. The minimum absolute atomic E-state index is 0.0495. The molecule has 1 aliphatic carbocycles. The molecule has 6 heteroatoms. The monoisotopic (exact) mass is 348 g/mol. The predicted molar refractivity (Wildman–Crippen MR) is 91.6 cm³/mol. The number of nitrogens with one attached hydrogen (secondary N) is 1. The molecule has 0 bridgehead atoms. The molecule has 2 N–H and O–H groups in total. The fourth-order valence-electron chi connectivity index (χ4n) is 3.02. The highest BCUT2D eigenvalue weighted by atomic mass is 35.5. The molecule has 1 aromatic carbocycles. The van der Waals surface area contributed by atoms with Gasteiger partial charge in [0, 0.05) is 30.9 Å². The maximum absolute atomic E-state index is 11.9. The van der Waals surface area contributed by atoms with Gasteiger partial charge in [0.05, 0.1) is 17.3 Å². The zero-order chi connectivity index (χ0) is 16.9. The zero-order valence-corrected chi connectivity index (χ0v) is 14.1. The molecular formula is C18H21ClN2O3. The molecule has 1 heterocycles. The van der Waals surface area contributed by atoms with Crippen molar-refractivity contribution in [1.82, 2.24) is 10.3 Å². The van der Waals surface area contributed by atoms with Crippen LogP contribution in [0.3, 0.4) is 0 Å². The third-order valence-corrected chi connectivity index (χ3v) is 4.77. The first-order valence-corrected chi connectivity index (χ1v) is 8.65. The van der Waals surface area contributed by atoms with Crippen LogP contribution in [0.4, 0.5) is 0 Å². The van der Waals surface area contributed by atoms with Crippen LogP contribution in [0.15, 0.2) is 34.9 Å². The van der Waals surface area contributed by atoms with Crippen molar-refractivity contribution in [2.75, 3.05) is 6.54 Å². The standard InChI is InChI=1S/C18H21ClN2O3/c19-14-6-2-1-5-13(14)16-11-21-18(24-16)9-8-17(23)20-10-12-4-3-7-15(12)22/h1-2,5-6,11-12,15,22H,3-4,7-10H2,(H,20,23). The molecule has 2 atom stereocenters. The summed E-state index contributed by atoms with van der Waals surface area (Å²) in [6, 6.07) is 7.40. The molecule has 1 saturated carbocycles. The minimum Gasteiger partial charge on any atom is -0.441 e. The Balaban J connectivity index is 1.48. The lowest BCUT2D eigenvalue weighted by molar-refractivity contribution is -0.121. The van der Waals surface area contributed by atoms with Crippen molar-refractivity contribution in [3.63, 3.8) is 0 Å². The number of aryl methyl sites for hydroxylation is 1. The molecule has 24 heavy (non-hydrogen) atoms. The first kappa shape index (κ1) is 17.0. The number of carbonyl (C=O) groups is 1. The first-order valence-electron chi connectivity index (χ1n) is 8.28. The molecule has 0 aliphatic heterocycles. The van der Waals surface area contributed by atoms with E-state index in [1.165, 1.54) is 0 Å². The largest absolute Gasteiger partial charge is 0.441 e. The predicted octanol–water partition coefficient (Wildman–Crippen LogP) is 3.20. The Morgan fingerprint density at radius 1 is 1.38 bits per heavy atom. The lowest BCUT2D eigenvalue weighted by Crippen LogP contribution is -2.32. The van der Waals surface area contributed by atoms with Crippen LogP contribution >= 0.6 is 11.6 Å². The van der Waals surface area contributed by atoms with E-state index in [0.717, 1.165) is 24.8 Å².